The zero-order valence-electron chi connectivity index (χ0n) is 17.2. The number of carbonyl (C=O) groups is 1. The quantitative estimate of drug-likeness (QED) is 0.321. The summed E-state index contributed by atoms with van der Waals surface area (Å²) < 4.78 is 27.9. The summed E-state index contributed by atoms with van der Waals surface area (Å²) in [5, 5.41) is 0.854. The van der Waals surface area contributed by atoms with E-state index in [-0.39, 0.29) is 35.4 Å². The van der Waals surface area contributed by atoms with E-state index in [1.165, 1.54) is 45.9 Å². The van der Waals surface area contributed by atoms with Crippen molar-refractivity contribution in [3.63, 3.8) is 0 Å². The van der Waals surface area contributed by atoms with Gasteiger partial charge >= 0.3 is 0 Å². The molecular formula is C24H19F2N3O2S. The number of hydrogen-bond acceptors (Lipinski definition) is 4. The number of para-hydroxylation sites is 1. The second-order valence-corrected chi connectivity index (χ2v) is 8.09. The predicted molar refractivity (Wildman–Crippen MR) is 122 cm³/mol. The van der Waals surface area contributed by atoms with E-state index < -0.39 is 0 Å². The topological polar surface area (TPSA) is 55.2 Å². The van der Waals surface area contributed by atoms with Crippen molar-refractivity contribution < 1.29 is 13.6 Å². The third-order valence-corrected chi connectivity index (χ3v) is 5.95. The van der Waals surface area contributed by atoms with Gasteiger partial charge in [0.2, 0.25) is 5.91 Å². The molecule has 0 saturated heterocycles. The van der Waals surface area contributed by atoms with Crippen LogP contribution < -0.4 is 10.5 Å². The Hall–Kier alpha value is -3.52. The van der Waals surface area contributed by atoms with E-state index in [9.17, 15) is 18.4 Å². The van der Waals surface area contributed by atoms with Crippen LogP contribution in [0.2, 0.25) is 0 Å². The molecule has 0 atom stereocenters. The zero-order valence-corrected chi connectivity index (χ0v) is 18.0. The molecule has 4 aromatic rings. The summed E-state index contributed by atoms with van der Waals surface area (Å²) in [4.78, 5) is 31.9. The summed E-state index contributed by atoms with van der Waals surface area (Å²) in [6.45, 7) is 0.196. The fourth-order valence-corrected chi connectivity index (χ4v) is 4.11. The molecule has 0 bridgehead atoms. The van der Waals surface area contributed by atoms with Crippen LogP contribution in [0.25, 0.3) is 10.9 Å². The lowest BCUT2D eigenvalue weighted by Gasteiger charge is -2.18. The number of hydrogen-bond donors (Lipinski definition) is 0. The van der Waals surface area contributed by atoms with Gasteiger partial charge in [-0.2, -0.15) is 0 Å². The van der Waals surface area contributed by atoms with Crippen LogP contribution in [0, 0.1) is 11.6 Å². The summed E-state index contributed by atoms with van der Waals surface area (Å²) in [5.74, 6) is -0.935. The molecule has 1 amide bonds. The molecule has 5 nitrogen and oxygen atoms in total. The first-order valence-corrected chi connectivity index (χ1v) is 10.8. The maximum Gasteiger partial charge on any atom is 0.262 e. The van der Waals surface area contributed by atoms with Crippen LogP contribution in [-0.2, 0) is 11.3 Å². The van der Waals surface area contributed by atoms with Crippen LogP contribution in [0.15, 0.2) is 82.7 Å². The molecule has 3 aromatic carbocycles. The summed E-state index contributed by atoms with van der Waals surface area (Å²) in [7, 11) is 1.61. The first-order chi connectivity index (χ1) is 15.4. The van der Waals surface area contributed by atoms with Crippen LogP contribution >= 0.6 is 11.8 Å². The van der Waals surface area contributed by atoms with Gasteiger partial charge in [-0.05, 0) is 54.1 Å². The molecule has 32 heavy (non-hydrogen) atoms. The van der Waals surface area contributed by atoms with Crippen LogP contribution in [0.3, 0.4) is 0 Å². The van der Waals surface area contributed by atoms with Crippen molar-refractivity contribution in [3.8, 4) is 0 Å². The van der Waals surface area contributed by atoms with E-state index in [0.717, 1.165) is 17.3 Å². The van der Waals surface area contributed by atoms with Crippen molar-refractivity contribution in [3.05, 3.63) is 100 Å². The van der Waals surface area contributed by atoms with Crippen LogP contribution in [0.4, 0.5) is 14.5 Å². The van der Waals surface area contributed by atoms with Crippen LogP contribution in [-0.4, -0.2) is 28.3 Å². The lowest BCUT2D eigenvalue weighted by Crippen LogP contribution is -2.29. The normalized spacial score (nSPS) is 11.0. The Labute approximate surface area is 187 Å². The van der Waals surface area contributed by atoms with Crippen LogP contribution in [0.1, 0.15) is 5.56 Å². The van der Waals surface area contributed by atoms with Gasteiger partial charge in [-0.25, -0.2) is 13.8 Å². The average Bonchev–Trinajstić information content (AvgIpc) is 2.81. The Morgan fingerprint density at radius 1 is 0.969 bits per heavy atom. The maximum atomic E-state index is 13.3. The Kier molecular flexibility index (Phi) is 6.32. The molecule has 1 heterocycles. The average molecular weight is 451 g/mol. The molecule has 0 unspecified atom stereocenters. The minimum Gasteiger partial charge on any atom is -0.315 e. The molecule has 0 fully saturated rings. The summed E-state index contributed by atoms with van der Waals surface area (Å²) in [5.41, 5.74) is 1.60. The van der Waals surface area contributed by atoms with E-state index in [0.29, 0.717) is 21.7 Å². The molecule has 0 N–H and O–H groups in total. The second kappa shape index (κ2) is 9.32. The van der Waals surface area contributed by atoms with Crippen molar-refractivity contribution in [2.75, 3.05) is 17.7 Å². The fraction of sp³-hybridized carbons (Fsp3) is 0.125. The molecule has 162 valence electrons. The third-order valence-electron chi connectivity index (χ3n) is 4.99. The molecule has 0 aliphatic heterocycles. The number of rotatable bonds is 6. The molecule has 0 radical (unpaired) electrons. The van der Waals surface area contributed by atoms with Crippen molar-refractivity contribution in [1.29, 1.82) is 0 Å². The molecule has 0 spiro atoms. The molecule has 0 aliphatic rings. The minimum absolute atomic E-state index is 0.0298. The van der Waals surface area contributed by atoms with Gasteiger partial charge in [-0.15, -0.1) is 0 Å². The number of fused-ring (bicyclic) bond motifs is 1. The first kappa shape index (κ1) is 21.7. The van der Waals surface area contributed by atoms with Gasteiger partial charge in [0, 0.05) is 12.7 Å². The monoisotopic (exact) mass is 451 g/mol. The predicted octanol–water partition coefficient (Wildman–Crippen LogP) is 4.48. The number of anilines is 1. The largest absolute Gasteiger partial charge is 0.315 e. The summed E-state index contributed by atoms with van der Waals surface area (Å²) >= 11 is 1.15. The smallest absolute Gasteiger partial charge is 0.262 e. The number of nitrogens with zero attached hydrogens (tertiary/aromatic N) is 3. The Bertz CT molecular complexity index is 1320. The van der Waals surface area contributed by atoms with Gasteiger partial charge in [0.15, 0.2) is 5.16 Å². The lowest BCUT2D eigenvalue weighted by atomic mass is 10.2. The van der Waals surface area contributed by atoms with Crippen molar-refractivity contribution in [2.24, 2.45) is 0 Å². The van der Waals surface area contributed by atoms with Crippen molar-refractivity contribution in [2.45, 2.75) is 11.7 Å². The fourth-order valence-electron chi connectivity index (χ4n) is 3.20. The highest BCUT2D eigenvalue weighted by atomic mass is 32.2. The molecular weight excluding hydrogens is 432 g/mol. The second-order valence-electron chi connectivity index (χ2n) is 7.15. The van der Waals surface area contributed by atoms with Gasteiger partial charge in [0.25, 0.3) is 5.56 Å². The molecule has 0 aliphatic carbocycles. The first-order valence-electron chi connectivity index (χ1n) is 9.81. The standard InChI is InChI=1S/C24H19F2N3O2S/c1-28(19-12-10-18(26)11-13-19)22(30)15-32-24-27-21-5-3-2-4-20(21)23(31)29(24)14-16-6-8-17(25)9-7-16/h2-13H,14-15H2,1H3. The van der Waals surface area contributed by atoms with Crippen molar-refractivity contribution >= 4 is 34.3 Å². The minimum atomic E-state index is -0.380. The maximum absolute atomic E-state index is 13.3. The number of halogens is 2. The molecule has 4 rings (SSSR count). The van der Waals surface area contributed by atoms with E-state index in [1.807, 2.05) is 0 Å². The van der Waals surface area contributed by atoms with Crippen molar-refractivity contribution in [1.82, 2.24) is 9.55 Å². The zero-order chi connectivity index (χ0) is 22.7. The van der Waals surface area contributed by atoms with Gasteiger partial charge in [-0.1, -0.05) is 36.0 Å². The number of carbonyl (C=O) groups excluding carboxylic acids is 1. The Morgan fingerprint density at radius 3 is 2.28 bits per heavy atom. The number of aromatic nitrogens is 2. The van der Waals surface area contributed by atoms with Gasteiger partial charge < -0.3 is 4.90 Å². The van der Waals surface area contributed by atoms with Crippen LogP contribution in [0.5, 0.6) is 0 Å². The van der Waals surface area contributed by atoms with Gasteiger partial charge in [0.05, 0.1) is 23.2 Å². The number of amides is 1. The molecule has 8 heteroatoms. The Morgan fingerprint density at radius 2 is 1.59 bits per heavy atom. The lowest BCUT2D eigenvalue weighted by molar-refractivity contribution is -0.115. The van der Waals surface area contributed by atoms with E-state index >= 15 is 0 Å². The van der Waals surface area contributed by atoms with E-state index in [2.05, 4.69) is 4.98 Å². The highest BCUT2D eigenvalue weighted by molar-refractivity contribution is 7.99. The molecule has 1 aromatic heterocycles. The van der Waals surface area contributed by atoms with Gasteiger partial charge in [0.1, 0.15) is 11.6 Å². The third kappa shape index (κ3) is 4.70. The summed E-state index contributed by atoms with van der Waals surface area (Å²) in [6.07, 6.45) is 0. The van der Waals surface area contributed by atoms with E-state index in [1.54, 1.807) is 43.4 Å². The van der Waals surface area contributed by atoms with E-state index in [4.69, 9.17) is 0 Å². The van der Waals surface area contributed by atoms with Gasteiger partial charge in [-0.3, -0.25) is 14.2 Å². The SMILES string of the molecule is CN(C(=O)CSc1nc2ccccc2c(=O)n1Cc1ccc(F)cc1)c1ccc(F)cc1. The molecule has 0 saturated carbocycles. The number of benzene rings is 3. The highest BCUT2D eigenvalue weighted by Crippen LogP contribution is 2.21. The Balaban J connectivity index is 1.63. The summed E-state index contributed by atoms with van der Waals surface area (Å²) in [6, 6.07) is 18.5. The highest BCUT2D eigenvalue weighted by Gasteiger charge is 2.16. The number of thioether (sulfide) groups is 1.